The number of rotatable bonds is 9. The SMILES string of the molecule is Cl.Cl.Cl.Cl.Cl.Cl.NCCCN[C@H]1[C@@H](OS(=O)(=O)O)[C@H](N)C[C@H](N)[C@H]1O[C@H]1O[C@H](CN)[C@@H](O)[C@H](O)[C@H]1N. The molecule has 2 aliphatic rings. The third kappa shape index (κ3) is 12.6. The molecular weight excluding hydrogens is 637 g/mol. The summed E-state index contributed by atoms with van der Waals surface area (Å²) in [5.41, 5.74) is 29.3. The molecule has 1 aliphatic carbocycles. The fourth-order valence-electron chi connectivity index (χ4n) is 3.79. The van der Waals surface area contributed by atoms with E-state index in [0.717, 1.165) is 0 Å². The summed E-state index contributed by atoms with van der Waals surface area (Å²) in [5, 5.41) is 23.3. The Morgan fingerprint density at radius 3 is 1.92 bits per heavy atom. The van der Waals surface area contributed by atoms with Crippen molar-refractivity contribution in [2.75, 3.05) is 19.6 Å². The van der Waals surface area contributed by atoms with E-state index in [1.54, 1.807) is 0 Å². The zero-order chi connectivity index (χ0) is 22.6. The highest BCUT2D eigenvalue weighted by atomic mass is 35.5. The van der Waals surface area contributed by atoms with Crippen molar-refractivity contribution in [3.05, 3.63) is 0 Å². The van der Waals surface area contributed by atoms with Gasteiger partial charge in [-0.3, -0.25) is 4.55 Å². The van der Waals surface area contributed by atoms with E-state index in [1.165, 1.54) is 0 Å². The summed E-state index contributed by atoms with van der Waals surface area (Å²) in [7, 11) is -4.82. The van der Waals surface area contributed by atoms with Gasteiger partial charge >= 0.3 is 10.4 Å². The molecule has 21 heteroatoms. The molecular formula is C15H40Cl6N6O8S. The second-order valence-corrected chi connectivity index (χ2v) is 8.66. The maximum absolute atomic E-state index is 11.4. The Morgan fingerprint density at radius 2 is 1.44 bits per heavy atom. The number of ether oxygens (including phenoxy) is 2. The van der Waals surface area contributed by atoms with Gasteiger partial charge in [-0.2, -0.15) is 8.42 Å². The first-order valence-electron chi connectivity index (χ1n) is 9.73. The third-order valence-electron chi connectivity index (χ3n) is 5.36. The molecule has 0 amide bonds. The molecule has 1 saturated carbocycles. The van der Waals surface area contributed by atoms with Crippen LogP contribution in [0, 0.1) is 0 Å². The number of hydrogen-bond donors (Lipinski definition) is 9. The van der Waals surface area contributed by atoms with Crippen LogP contribution >= 0.6 is 74.4 Å². The highest BCUT2D eigenvalue weighted by Gasteiger charge is 2.49. The van der Waals surface area contributed by atoms with E-state index >= 15 is 0 Å². The minimum absolute atomic E-state index is 0. The zero-order valence-electron chi connectivity index (χ0n) is 18.9. The first-order chi connectivity index (χ1) is 14.0. The van der Waals surface area contributed by atoms with E-state index in [4.69, 9.17) is 42.3 Å². The monoisotopic (exact) mass is 674 g/mol. The van der Waals surface area contributed by atoms with Crippen LogP contribution in [0.1, 0.15) is 12.8 Å². The van der Waals surface area contributed by atoms with Crippen LogP contribution in [0.25, 0.3) is 0 Å². The lowest BCUT2D eigenvalue weighted by Crippen LogP contribution is -2.70. The second kappa shape index (κ2) is 21.0. The van der Waals surface area contributed by atoms with Crippen LogP contribution in [0.5, 0.6) is 0 Å². The molecule has 10 atom stereocenters. The van der Waals surface area contributed by atoms with Gasteiger partial charge in [-0.05, 0) is 25.9 Å². The Labute approximate surface area is 248 Å². The Balaban J connectivity index is -0.000000534. The molecule has 2 fully saturated rings. The Kier molecular flexibility index (Phi) is 27.5. The van der Waals surface area contributed by atoms with Crippen LogP contribution in [0.15, 0.2) is 0 Å². The van der Waals surface area contributed by atoms with Gasteiger partial charge in [0, 0.05) is 18.6 Å². The molecule has 226 valence electrons. The van der Waals surface area contributed by atoms with Crippen LogP contribution in [0.4, 0.5) is 0 Å². The van der Waals surface area contributed by atoms with Crippen molar-refractivity contribution in [3.8, 4) is 0 Å². The van der Waals surface area contributed by atoms with Gasteiger partial charge in [-0.1, -0.05) is 0 Å². The lowest BCUT2D eigenvalue weighted by Gasteiger charge is -2.47. The number of nitrogens with two attached hydrogens (primary N) is 5. The van der Waals surface area contributed by atoms with Gasteiger partial charge in [0.05, 0.1) is 18.2 Å². The molecule has 0 aromatic rings. The summed E-state index contributed by atoms with van der Waals surface area (Å²) in [4.78, 5) is 0. The van der Waals surface area contributed by atoms with Gasteiger partial charge in [0.25, 0.3) is 0 Å². The fraction of sp³-hybridized carbons (Fsp3) is 1.00. The largest absolute Gasteiger partial charge is 0.397 e. The molecule has 0 radical (unpaired) electrons. The van der Waals surface area contributed by atoms with Crippen molar-refractivity contribution in [2.24, 2.45) is 28.7 Å². The van der Waals surface area contributed by atoms with Crippen molar-refractivity contribution in [3.63, 3.8) is 0 Å². The summed E-state index contributed by atoms with van der Waals surface area (Å²) >= 11 is 0. The van der Waals surface area contributed by atoms with Crippen LogP contribution in [0.3, 0.4) is 0 Å². The molecule has 14 N–H and O–H groups in total. The minimum atomic E-state index is -4.82. The smallest absolute Gasteiger partial charge is 0.388 e. The summed E-state index contributed by atoms with van der Waals surface area (Å²) in [5.74, 6) is 0. The summed E-state index contributed by atoms with van der Waals surface area (Å²) in [6, 6.07) is -3.53. The predicted octanol–water partition coefficient (Wildman–Crippen LogP) is -2.81. The highest BCUT2D eigenvalue weighted by Crippen LogP contribution is 2.29. The fourth-order valence-corrected chi connectivity index (χ4v) is 4.33. The molecule has 0 aromatic heterocycles. The maximum atomic E-state index is 11.4. The van der Waals surface area contributed by atoms with Crippen molar-refractivity contribution in [1.82, 2.24) is 5.32 Å². The topological polar surface area (TPSA) is 265 Å². The van der Waals surface area contributed by atoms with E-state index < -0.39 is 71.4 Å². The van der Waals surface area contributed by atoms with Gasteiger partial charge in [-0.15, -0.1) is 74.4 Å². The summed E-state index contributed by atoms with van der Waals surface area (Å²) < 4.78 is 48.2. The van der Waals surface area contributed by atoms with Crippen molar-refractivity contribution < 1.29 is 36.8 Å². The highest BCUT2D eigenvalue weighted by molar-refractivity contribution is 7.80. The predicted molar refractivity (Wildman–Crippen MR) is 149 cm³/mol. The summed E-state index contributed by atoms with van der Waals surface area (Å²) in [6.45, 7) is 0.626. The number of hydrogen-bond acceptors (Lipinski definition) is 13. The van der Waals surface area contributed by atoms with Crippen LogP contribution < -0.4 is 34.0 Å². The number of halogens is 6. The van der Waals surface area contributed by atoms with E-state index in [1.807, 2.05) is 0 Å². The van der Waals surface area contributed by atoms with Crippen LogP contribution in [0.2, 0.25) is 0 Å². The first kappa shape index (κ1) is 47.0. The standard InChI is InChI=1S/C15H34N6O8S.6ClH/c16-2-1-3-21-10-13(6(18)4-7(19)14(10)29-30(24,25)26)28-15-9(20)12(23)11(22)8(5-17)27-15;;;;;;/h6-15,21-23H,1-5,16-20H2,(H,24,25,26);6*1H/t6-,7+,8+,9+,10+,11+,12+,13+,14-,15+;;;;;;/m0....../s1. The number of aliphatic hydroxyl groups excluding tert-OH is 2. The van der Waals surface area contributed by atoms with E-state index in [9.17, 15) is 23.2 Å². The average molecular weight is 677 g/mol. The third-order valence-corrected chi connectivity index (χ3v) is 5.83. The molecule has 1 saturated heterocycles. The quantitative estimate of drug-likeness (QED) is 0.0882. The number of aliphatic hydroxyl groups is 2. The van der Waals surface area contributed by atoms with Crippen LogP contribution in [-0.4, -0.2) is 104 Å². The first-order valence-corrected chi connectivity index (χ1v) is 11.1. The molecule has 1 aliphatic heterocycles. The van der Waals surface area contributed by atoms with Crippen molar-refractivity contribution in [2.45, 2.75) is 73.8 Å². The Hall–Kier alpha value is 1.21. The molecule has 14 nitrogen and oxygen atoms in total. The Morgan fingerprint density at radius 1 is 0.917 bits per heavy atom. The van der Waals surface area contributed by atoms with Gasteiger partial charge in [0.15, 0.2) is 6.29 Å². The Bertz CT molecular complexity index is 666. The van der Waals surface area contributed by atoms with Gasteiger partial charge in [0.2, 0.25) is 0 Å². The van der Waals surface area contributed by atoms with Gasteiger partial charge in [0.1, 0.15) is 24.4 Å². The molecule has 1 heterocycles. The molecule has 2 rings (SSSR count). The average Bonchev–Trinajstić information content (AvgIpc) is 2.66. The van der Waals surface area contributed by atoms with Gasteiger partial charge in [-0.25, -0.2) is 4.18 Å². The molecule has 36 heavy (non-hydrogen) atoms. The van der Waals surface area contributed by atoms with Crippen LogP contribution in [-0.2, 0) is 24.1 Å². The molecule has 0 aromatic carbocycles. The van der Waals surface area contributed by atoms with Crippen molar-refractivity contribution in [1.29, 1.82) is 0 Å². The van der Waals surface area contributed by atoms with E-state index in [-0.39, 0.29) is 87.4 Å². The molecule has 0 bridgehead atoms. The second-order valence-electron chi connectivity index (χ2n) is 7.61. The lowest BCUT2D eigenvalue weighted by molar-refractivity contribution is -0.278. The van der Waals surface area contributed by atoms with Gasteiger partial charge < -0.3 is 53.7 Å². The maximum Gasteiger partial charge on any atom is 0.397 e. The summed E-state index contributed by atoms with van der Waals surface area (Å²) in [6.07, 6.45) is -6.28. The molecule has 0 spiro atoms. The minimum Gasteiger partial charge on any atom is -0.388 e. The zero-order valence-corrected chi connectivity index (χ0v) is 24.7. The molecule has 0 unspecified atom stereocenters. The lowest BCUT2D eigenvalue weighted by atomic mass is 9.82. The normalized spacial score (nSPS) is 35.8. The van der Waals surface area contributed by atoms with E-state index in [2.05, 4.69) is 5.32 Å². The van der Waals surface area contributed by atoms with E-state index in [0.29, 0.717) is 19.5 Å². The van der Waals surface area contributed by atoms with Crippen molar-refractivity contribution >= 4 is 84.8 Å². The number of nitrogens with one attached hydrogen (secondary N) is 1.